The third-order valence-corrected chi connectivity index (χ3v) is 4.54. The van der Waals surface area contributed by atoms with Crippen LogP contribution in [0.1, 0.15) is 17.0 Å². The zero-order valence-electron chi connectivity index (χ0n) is 13.8. The Kier molecular flexibility index (Phi) is 3.62. The monoisotopic (exact) mass is 348 g/mol. The normalized spacial score (nSPS) is 15.7. The van der Waals surface area contributed by atoms with Crippen LogP contribution in [0.5, 0.6) is 0 Å². The zero-order valence-corrected chi connectivity index (χ0v) is 14.6. The molecule has 5 nitrogen and oxygen atoms in total. The quantitative estimate of drug-likeness (QED) is 0.552. The maximum Gasteiger partial charge on any atom is 0.273 e. The summed E-state index contributed by atoms with van der Waals surface area (Å²) in [4.78, 5) is 16.2. The lowest BCUT2D eigenvalue weighted by Crippen LogP contribution is -2.21. The minimum atomic E-state index is -0.202. The largest absolute Gasteiger partial charge is 0.328 e. The van der Waals surface area contributed by atoms with Crippen LogP contribution in [0.15, 0.2) is 48.3 Å². The Labute approximate surface area is 150 Å². The molecule has 0 aliphatic carbocycles. The van der Waals surface area contributed by atoms with Crippen molar-refractivity contribution in [1.29, 1.82) is 0 Å². The van der Waals surface area contributed by atoms with Crippen molar-refractivity contribution >= 4 is 40.2 Å². The molecule has 0 saturated carbocycles. The first kappa shape index (κ1) is 15.5. The smallest absolute Gasteiger partial charge is 0.273 e. The molecule has 1 saturated heterocycles. The molecule has 0 radical (unpaired) electrons. The predicted octanol–water partition coefficient (Wildman–Crippen LogP) is 2.99. The minimum absolute atomic E-state index is 0.202. The molecule has 2 N–H and O–H groups in total. The van der Waals surface area contributed by atoms with E-state index in [-0.39, 0.29) is 5.91 Å². The van der Waals surface area contributed by atoms with Crippen molar-refractivity contribution < 1.29 is 4.79 Å². The van der Waals surface area contributed by atoms with Crippen LogP contribution in [0, 0.1) is 13.8 Å². The van der Waals surface area contributed by atoms with Crippen LogP contribution in [-0.2, 0) is 4.79 Å². The number of hydrogen-bond donors (Lipinski definition) is 2. The Hall–Kier alpha value is -2.99. The number of carbonyl (C=O) groups excluding carboxylic acids is 1. The maximum absolute atomic E-state index is 11.9. The third-order valence-electron chi connectivity index (χ3n) is 4.33. The Morgan fingerprint density at radius 3 is 2.76 bits per heavy atom. The van der Waals surface area contributed by atoms with Gasteiger partial charge < -0.3 is 9.88 Å². The van der Waals surface area contributed by atoms with Gasteiger partial charge in [0, 0.05) is 28.7 Å². The first-order chi connectivity index (χ1) is 12.0. The molecule has 3 heterocycles. The number of hydrogen-bond acceptors (Lipinski definition) is 3. The highest BCUT2D eigenvalue weighted by Gasteiger charge is 2.21. The van der Waals surface area contributed by atoms with E-state index in [0.717, 1.165) is 33.5 Å². The molecule has 1 aliphatic heterocycles. The van der Waals surface area contributed by atoms with E-state index in [4.69, 9.17) is 12.2 Å². The minimum Gasteiger partial charge on any atom is -0.328 e. The Bertz CT molecular complexity index is 1060. The Balaban J connectivity index is 1.80. The summed E-state index contributed by atoms with van der Waals surface area (Å²) in [6.45, 7) is 4.09. The van der Waals surface area contributed by atoms with E-state index in [1.165, 1.54) is 0 Å². The molecular weight excluding hydrogens is 332 g/mol. The van der Waals surface area contributed by atoms with Crippen LogP contribution in [0.4, 0.5) is 0 Å². The summed E-state index contributed by atoms with van der Waals surface area (Å²) in [5, 5.41) is 6.90. The van der Waals surface area contributed by atoms with Crippen LogP contribution in [0.3, 0.4) is 0 Å². The summed E-state index contributed by atoms with van der Waals surface area (Å²) >= 11 is 4.98. The van der Waals surface area contributed by atoms with Crippen LogP contribution in [-0.4, -0.2) is 20.6 Å². The van der Waals surface area contributed by atoms with E-state index in [9.17, 15) is 4.79 Å². The topological polar surface area (TPSA) is 58.9 Å². The molecule has 0 unspecified atom stereocenters. The van der Waals surface area contributed by atoms with Gasteiger partial charge in [0.15, 0.2) is 5.11 Å². The van der Waals surface area contributed by atoms with Gasteiger partial charge in [0.05, 0.1) is 5.52 Å². The van der Waals surface area contributed by atoms with Gasteiger partial charge in [-0.2, -0.15) is 0 Å². The van der Waals surface area contributed by atoms with Gasteiger partial charge in [-0.15, -0.1) is 0 Å². The zero-order chi connectivity index (χ0) is 17.6. The summed E-state index contributed by atoms with van der Waals surface area (Å²) in [5.74, 6) is -0.202. The lowest BCUT2D eigenvalue weighted by molar-refractivity contribution is -0.115. The van der Waals surface area contributed by atoms with E-state index >= 15 is 0 Å². The van der Waals surface area contributed by atoms with Gasteiger partial charge in [-0.05, 0) is 68.0 Å². The van der Waals surface area contributed by atoms with E-state index in [2.05, 4.69) is 51.4 Å². The van der Waals surface area contributed by atoms with E-state index in [1.54, 1.807) is 6.20 Å². The summed E-state index contributed by atoms with van der Waals surface area (Å²) in [6.07, 6.45) is 3.62. The number of rotatable bonds is 2. The van der Waals surface area contributed by atoms with Crippen molar-refractivity contribution in [3.63, 3.8) is 0 Å². The fraction of sp³-hybridized carbons (Fsp3) is 0.105. The second kappa shape index (κ2) is 5.82. The maximum atomic E-state index is 11.9. The average molecular weight is 348 g/mol. The number of nitrogens with zero attached hydrogens (tertiary/aromatic N) is 2. The molecule has 1 aliphatic rings. The molecular formula is C19H16N4OS. The molecule has 2 aromatic heterocycles. The second-order valence-electron chi connectivity index (χ2n) is 6.01. The SMILES string of the molecule is Cc1cc(/C=C2/NC(=S)NC2=O)c(C)n1-c1ccc2ncccc2c1. The number of amides is 1. The molecule has 1 aromatic carbocycles. The molecule has 0 spiro atoms. The molecule has 0 atom stereocenters. The van der Waals surface area contributed by atoms with E-state index < -0.39 is 0 Å². The van der Waals surface area contributed by atoms with Crippen molar-refractivity contribution in [2.24, 2.45) is 0 Å². The van der Waals surface area contributed by atoms with Gasteiger partial charge in [0.2, 0.25) is 0 Å². The number of pyridine rings is 1. The average Bonchev–Trinajstić information content (AvgIpc) is 3.05. The number of fused-ring (bicyclic) bond motifs is 1. The fourth-order valence-corrected chi connectivity index (χ4v) is 3.37. The summed E-state index contributed by atoms with van der Waals surface area (Å²) in [7, 11) is 0. The number of carbonyl (C=O) groups is 1. The number of benzene rings is 1. The van der Waals surface area contributed by atoms with Crippen molar-refractivity contribution in [1.82, 2.24) is 20.2 Å². The van der Waals surface area contributed by atoms with Crippen LogP contribution in [0.25, 0.3) is 22.7 Å². The van der Waals surface area contributed by atoms with E-state index in [0.29, 0.717) is 10.8 Å². The van der Waals surface area contributed by atoms with Gasteiger partial charge in [-0.25, -0.2) is 0 Å². The van der Waals surface area contributed by atoms with Crippen LogP contribution < -0.4 is 10.6 Å². The Morgan fingerprint density at radius 2 is 2.00 bits per heavy atom. The highest BCUT2D eigenvalue weighted by molar-refractivity contribution is 7.80. The first-order valence-corrected chi connectivity index (χ1v) is 8.32. The summed E-state index contributed by atoms with van der Waals surface area (Å²) in [5.41, 5.74) is 5.63. The highest BCUT2D eigenvalue weighted by atomic mass is 32.1. The van der Waals surface area contributed by atoms with Crippen LogP contribution >= 0.6 is 12.2 Å². The lowest BCUT2D eigenvalue weighted by Gasteiger charge is -2.10. The molecule has 6 heteroatoms. The molecule has 4 rings (SSSR count). The number of aryl methyl sites for hydroxylation is 1. The fourth-order valence-electron chi connectivity index (χ4n) is 3.17. The van der Waals surface area contributed by atoms with E-state index in [1.807, 2.05) is 25.1 Å². The summed E-state index contributed by atoms with van der Waals surface area (Å²) in [6, 6.07) is 12.2. The molecule has 25 heavy (non-hydrogen) atoms. The highest BCUT2D eigenvalue weighted by Crippen LogP contribution is 2.25. The number of nitrogens with one attached hydrogen (secondary N) is 2. The predicted molar refractivity (Wildman–Crippen MR) is 102 cm³/mol. The molecule has 1 amide bonds. The number of thiocarbonyl (C=S) groups is 1. The van der Waals surface area contributed by atoms with Gasteiger partial charge in [0.25, 0.3) is 5.91 Å². The van der Waals surface area contributed by atoms with Gasteiger partial charge in [0.1, 0.15) is 5.70 Å². The van der Waals surface area contributed by atoms with Gasteiger partial charge in [-0.3, -0.25) is 15.1 Å². The molecule has 0 bridgehead atoms. The van der Waals surface area contributed by atoms with Gasteiger partial charge >= 0.3 is 0 Å². The molecule has 124 valence electrons. The van der Waals surface area contributed by atoms with Crippen molar-refractivity contribution in [2.45, 2.75) is 13.8 Å². The number of aromatic nitrogens is 2. The standard InChI is InChI=1S/C19H16N4OS/c1-11-8-14(10-17-18(24)22-19(25)21-17)12(2)23(11)15-5-6-16-13(9-15)4-3-7-20-16/h3-10H,1-2H3,(H2,21,22,24,25)/b17-10+. The second-order valence-corrected chi connectivity index (χ2v) is 6.42. The van der Waals surface area contributed by atoms with Gasteiger partial charge in [-0.1, -0.05) is 6.07 Å². The summed E-state index contributed by atoms with van der Waals surface area (Å²) < 4.78 is 2.17. The molecule has 3 aromatic rings. The molecule has 1 fully saturated rings. The van der Waals surface area contributed by atoms with Crippen molar-refractivity contribution in [2.75, 3.05) is 0 Å². The van der Waals surface area contributed by atoms with Crippen LogP contribution in [0.2, 0.25) is 0 Å². The van der Waals surface area contributed by atoms with Crippen molar-refractivity contribution in [3.8, 4) is 5.69 Å². The Morgan fingerprint density at radius 1 is 1.16 bits per heavy atom. The van der Waals surface area contributed by atoms with Crippen molar-refractivity contribution in [3.05, 3.63) is 65.2 Å². The third kappa shape index (κ3) is 2.70. The first-order valence-electron chi connectivity index (χ1n) is 7.91. The lowest BCUT2D eigenvalue weighted by atomic mass is 10.2.